The average Bonchev–Trinajstić information content (AvgIpc) is 3.27. The van der Waals surface area contributed by atoms with Crippen LogP contribution in [0.25, 0.3) is 0 Å². The van der Waals surface area contributed by atoms with Crippen molar-refractivity contribution in [2.75, 3.05) is 39.4 Å². The monoisotopic (exact) mass is 422 g/mol. The first kappa shape index (κ1) is 19.1. The van der Waals surface area contributed by atoms with Crippen molar-refractivity contribution in [1.82, 2.24) is 20.1 Å². The lowest BCUT2D eigenvalue weighted by molar-refractivity contribution is 0.0366. The van der Waals surface area contributed by atoms with E-state index in [1.165, 1.54) is 4.88 Å². The summed E-state index contributed by atoms with van der Waals surface area (Å²) in [6.07, 6.45) is 2.89. The number of ether oxygens (including phenoxy) is 1. The van der Waals surface area contributed by atoms with Crippen LogP contribution in [-0.4, -0.2) is 59.3 Å². The fourth-order valence-corrected chi connectivity index (χ4v) is 5.28. The van der Waals surface area contributed by atoms with Crippen LogP contribution in [0.2, 0.25) is 4.34 Å². The molecule has 0 radical (unpaired) electrons. The first-order valence-electron chi connectivity index (χ1n) is 9.26. The molecule has 4 heterocycles. The van der Waals surface area contributed by atoms with Gasteiger partial charge in [0.15, 0.2) is 5.11 Å². The number of hydrogen-bond acceptors (Lipinski definition) is 5. The second kappa shape index (κ2) is 8.84. The molecule has 2 aliphatic rings. The van der Waals surface area contributed by atoms with Gasteiger partial charge in [-0.1, -0.05) is 17.7 Å². The Bertz CT molecular complexity index is 766. The molecule has 1 N–H and O–H groups in total. The number of halogens is 1. The molecule has 0 bridgehead atoms. The standard InChI is InChI=1S/C19H23ClN4OS2/c20-16-6-5-15(27-16)18-17(14-4-1-2-7-21-14)22-19(26)24(18)9-3-8-23-10-12-25-13-11-23/h1-2,4-7,17-18H,3,8-13H2,(H,22,26). The molecule has 0 aromatic carbocycles. The molecule has 2 fully saturated rings. The van der Waals surface area contributed by atoms with E-state index in [0.717, 1.165) is 61.0 Å². The zero-order valence-electron chi connectivity index (χ0n) is 15.0. The Hall–Kier alpha value is -1.25. The molecule has 5 nitrogen and oxygen atoms in total. The summed E-state index contributed by atoms with van der Waals surface area (Å²) in [6.45, 7) is 5.68. The van der Waals surface area contributed by atoms with Gasteiger partial charge in [0.25, 0.3) is 0 Å². The van der Waals surface area contributed by atoms with Gasteiger partial charge in [0.1, 0.15) is 0 Å². The molecule has 0 amide bonds. The summed E-state index contributed by atoms with van der Waals surface area (Å²) >= 11 is 13.6. The molecule has 0 spiro atoms. The van der Waals surface area contributed by atoms with Crippen LogP contribution in [0.5, 0.6) is 0 Å². The number of morpholine rings is 1. The van der Waals surface area contributed by atoms with Gasteiger partial charge in [-0.05, 0) is 42.9 Å². The molecule has 2 aliphatic heterocycles. The maximum atomic E-state index is 6.24. The van der Waals surface area contributed by atoms with Crippen molar-refractivity contribution >= 4 is 40.3 Å². The Morgan fingerprint density at radius 2 is 2.07 bits per heavy atom. The summed E-state index contributed by atoms with van der Waals surface area (Å²) in [5.41, 5.74) is 1.00. The van der Waals surface area contributed by atoms with Crippen LogP contribution >= 0.6 is 35.2 Å². The first-order valence-corrected chi connectivity index (χ1v) is 10.9. The summed E-state index contributed by atoms with van der Waals surface area (Å²) < 4.78 is 6.24. The number of nitrogens with zero attached hydrogens (tertiary/aromatic N) is 3. The number of pyridine rings is 1. The van der Waals surface area contributed by atoms with E-state index in [2.05, 4.69) is 32.2 Å². The molecular formula is C19H23ClN4OS2. The molecule has 4 rings (SSSR count). The number of thiophene rings is 1. The van der Waals surface area contributed by atoms with Crippen LogP contribution in [0, 0.1) is 0 Å². The highest BCUT2D eigenvalue weighted by molar-refractivity contribution is 7.80. The van der Waals surface area contributed by atoms with Crippen LogP contribution in [0.15, 0.2) is 36.5 Å². The fourth-order valence-electron chi connectivity index (χ4n) is 3.73. The zero-order chi connectivity index (χ0) is 18.6. The molecule has 0 aliphatic carbocycles. The minimum absolute atomic E-state index is 0.0387. The molecule has 27 heavy (non-hydrogen) atoms. The topological polar surface area (TPSA) is 40.6 Å². The highest BCUT2D eigenvalue weighted by Crippen LogP contribution is 2.42. The minimum Gasteiger partial charge on any atom is -0.379 e. The highest BCUT2D eigenvalue weighted by atomic mass is 35.5. The van der Waals surface area contributed by atoms with Gasteiger partial charge in [-0.15, -0.1) is 11.3 Å². The van der Waals surface area contributed by atoms with Crippen LogP contribution in [0.3, 0.4) is 0 Å². The lowest BCUT2D eigenvalue weighted by atomic mass is 10.0. The number of rotatable bonds is 6. The number of thiocarbonyl (C=S) groups is 1. The Kier molecular flexibility index (Phi) is 6.24. The molecule has 2 aromatic rings. The summed E-state index contributed by atoms with van der Waals surface area (Å²) in [6, 6.07) is 10.2. The Morgan fingerprint density at radius 1 is 1.22 bits per heavy atom. The van der Waals surface area contributed by atoms with Gasteiger partial charge >= 0.3 is 0 Å². The Labute approximate surface area is 174 Å². The van der Waals surface area contributed by atoms with Crippen molar-refractivity contribution in [1.29, 1.82) is 0 Å². The SMILES string of the molecule is S=C1NC(c2ccccn2)C(c2ccc(Cl)s2)N1CCCN1CCOCC1. The van der Waals surface area contributed by atoms with E-state index in [9.17, 15) is 0 Å². The zero-order valence-corrected chi connectivity index (χ0v) is 17.4. The normalized spacial score (nSPS) is 23.6. The summed E-state index contributed by atoms with van der Waals surface area (Å²) in [5.74, 6) is 0. The van der Waals surface area contributed by atoms with E-state index in [4.69, 9.17) is 28.6 Å². The van der Waals surface area contributed by atoms with Gasteiger partial charge in [0.05, 0.1) is 35.3 Å². The van der Waals surface area contributed by atoms with Gasteiger partial charge in [-0.3, -0.25) is 9.88 Å². The third-order valence-corrected chi connectivity index (χ3v) is 6.71. The van der Waals surface area contributed by atoms with Crippen molar-refractivity contribution in [3.8, 4) is 0 Å². The number of hydrogen-bond donors (Lipinski definition) is 1. The van der Waals surface area contributed by atoms with Crippen molar-refractivity contribution in [3.63, 3.8) is 0 Å². The second-order valence-electron chi connectivity index (χ2n) is 6.77. The van der Waals surface area contributed by atoms with Gasteiger partial charge in [0.2, 0.25) is 0 Å². The van der Waals surface area contributed by atoms with Gasteiger partial charge in [-0.25, -0.2) is 0 Å². The summed E-state index contributed by atoms with van der Waals surface area (Å²) in [4.78, 5) is 10.5. The highest BCUT2D eigenvalue weighted by Gasteiger charge is 2.40. The van der Waals surface area contributed by atoms with Gasteiger partial charge < -0.3 is 15.0 Å². The van der Waals surface area contributed by atoms with Crippen molar-refractivity contribution in [3.05, 3.63) is 51.4 Å². The molecule has 2 aromatic heterocycles. The van der Waals surface area contributed by atoms with E-state index in [1.54, 1.807) is 11.3 Å². The fraction of sp³-hybridized carbons (Fsp3) is 0.474. The van der Waals surface area contributed by atoms with E-state index in [1.807, 2.05) is 24.4 Å². The van der Waals surface area contributed by atoms with E-state index >= 15 is 0 Å². The molecule has 0 saturated carbocycles. The van der Waals surface area contributed by atoms with Crippen LogP contribution in [0.1, 0.15) is 29.1 Å². The van der Waals surface area contributed by atoms with Crippen LogP contribution < -0.4 is 5.32 Å². The largest absolute Gasteiger partial charge is 0.379 e. The van der Waals surface area contributed by atoms with Crippen molar-refractivity contribution in [2.45, 2.75) is 18.5 Å². The molecule has 144 valence electrons. The quantitative estimate of drug-likeness (QED) is 0.718. The smallest absolute Gasteiger partial charge is 0.170 e. The summed E-state index contributed by atoms with van der Waals surface area (Å²) in [7, 11) is 0. The maximum absolute atomic E-state index is 6.24. The third-order valence-electron chi connectivity index (χ3n) is 5.06. The molecule has 8 heteroatoms. The predicted molar refractivity (Wildman–Crippen MR) is 113 cm³/mol. The molecule has 2 saturated heterocycles. The van der Waals surface area contributed by atoms with E-state index in [-0.39, 0.29) is 12.1 Å². The van der Waals surface area contributed by atoms with Gasteiger partial charge in [0, 0.05) is 37.3 Å². The van der Waals surface area contributed by atoms with E-state index in [0.29, 0.717) is 0 Å². The maximum Gasteiger partial charge on any atom is 0.170 e. The molecule has 2 unspecified atom stereocenters. The minimum atomic E-state index is 0.0387. The second-order valence-corrected chi connectivity index (χ2v) is 8.90. The average molecular weight is 423 g/mol. The third kappa shape index (κ3) is 4.43. The Balaban J connectivity index is 1.50. The molecule has 2 atom stereocenters. The van der Waals surface area contributed by atoms with Gasteiger partial charge in [-0.2, -0.15) is 0 Å². The van der Waals surface area contributed by atoms with Crippen molar-refractivity contribution in [2.24, 2.45) is 0 Å². The summed E-state index contributed by atoms with van der Waals surface area (Å²) in [5, 5.41) is 4.29. The van der Waals surface area contributed by atoms with Crippen LogP contribution in [0.4, 0.5) is 0 Å². The Morgan fingerprint density at radius 3 is 2.78 bits per heavy atom. The van der Waals surface area contributed by atoms with E-state index < -0.39 is 0 Å². The lowest BCUT2D eigenvalue weighted by Crippen LogP contribution is -2.38. The lowest BCUT2D eigenvalue weighted by Gasteiger charge is -2.29. The first-order chi connectivity index (χ1) is 13.2. The number of nitrogens with one attached hydrogen (secondary N) is 1. The predicted octanol–water partition coefficient (Wildman–Crippen LogP) is 3.49. The number of aromatic nitrogens is 1. The molecular weight excluding hydrogens is 400 g/mol. The van der Waals surface area contributed by atoms with Crippen LogP contribution in [-0.2, 0) is 4.74 Å². The van der Waals surface area contributed by atoms with Crippen molar-refractivity contribution < 1.29 is 4.74 Å².